The van der Waals surface area contributed by atoms with E-state index in [2.05, 4.69) is 24.5 Å². The fourth-order valence-electron chi connectivity index (χ4n) is 1.93. The van der Waals surface area contributed by atoms with Crippen LogP contribution in [0.4, 0.5) is 0 Å². The van der Waals surface area contributed by atoms with E-state index in [0.717, 1.165) is 19.4 Å². The van der Waals surface area contributed by atoms with Crippen LogP contribution in [0.3, 0.4) is 0 Å². The Morgan fingerprint density at radius 1 is 1.32 bits per heavy atom. The molecule has 1 aliphatic carbocycles. The van der Waals surface area contributed by atoms with Crippen molar-refractivity contribution < 1.29 is 9.59 Å². The summed E-state index contributed by atoms with van der Waals surface area (Å²) in [7, 11) is 0. The van der Waals surface area contributed by atoms with Gasteiger partial charge in [0.2, 0.25) is 11.8 Å². The van der Waals surface area contributed by atoms with Gasteiger partial charge in [-0.25, -0.2) is 0 Å². The first-order valence-corrected chi connectivity index (χ1v) is 7.31. The van der Waals surface area contributed by atoms with Crippen LogP contribution in [-0.2, 0) is 9.59 Å². The van der Waals surface area contributed by atoms with Gasteiger partial charge in [0.05, 0.1) is 6.54 Å². The SMILES string of the molecule is CCN(C(=O)CNCCC(=O)NCC(C)C)C1CC1. The number of hydrogen-bond donors (Lipinski definition) is 2. The second-order valence-corrected chi connectivity index (χ2v) is 5.54. The minimum absolute atomic E-state index is 0.0446. The Morgan fingerprint density at radius 3 is 2.53 bits per heavy atom. The van der Waals surface area contributed by atoms with E-state index < -0.39 is 0 Å². The van der Waals surface area contributed by atoms with Gasteiger partial charge in [0.15, 0.2) is 0 Å². The first-order valence-electron chi connectivity index (χ1n) is 7.31. The second-order valence-electron chi connectivity index (χ2n) is 5.54. The highest BCUT2D eigenvalue weighted by molar-refractivity contribution is 5.79. The lowest BCUT2D eigenvalue weighted by Crippen LogP contribution is -2.40. The largest absolute Gasteiger partial charge is 0.356 e. The van der Waals surface area contributed by atoms with Crippen molar-refractivity contribution in [3.05, 3.63) is 0 Å². The van der Waals surface area contributed by atoms with Crippen LogP contribution in [-0.4, -0.2) is 48.9 Å². The smallest absolute Gasteiger partial charge is 0.236 e. The highest BCUT2D eigenvalue weighted by Crippen LogP contribution is 2.26. The van der Waals surface area contributed by atoms with E-state index in [1.807, 2.05) is 11.8 Å². The average molecular weight is 269 g/mol. The molecule has 2 amide bonds. The summed E-state index contributed by atoms with van der Waals surface area (Å²) in [6.07, 6.45) is 2.70. The van der Waals surface area contributed by atoms with Crippen molar-refractivity contribution in [1.29, 1.82) is 0 Å². The number of hydrogen-bond acceptors (Lipinski definition) is 3. The predicted octanol–water partition coefficient (Wildman–Crippen LogP) is 0.749. The number of likely N-dealkylation sites (N-methyl/N-ethyl adjacent to an activating group) is 1. The van der Waals surface area contributed by atoms with E-state index in [-0.39, 0.29) is 11.8 Å². The Labute approximate surface area is 116 Å². The van der Waals surface area contributed by atoms with Crippen LogP contribution in [0.2, 0.25) is 0 Å². The molecule has 0 unspecified atom stereocenters. The average Bonchev–Trinajstić information content (AvgIpc) is 3.17. The third kappa shape index (κ3) is 6.57. The summed E-state index contributed by atoms with van der Waals surface area (Å²) in [5.74, 6) is 0.658. The topological polar surface area (TPSA) is 61.4 Å². The predicted molar refractivity (Wildman–Crippen MR) is 75.7 cm³/mol. The van der Waals surface area contributed by atoms with Gasteiger partial charge in [-0.3, -0.25) is 9.59 Å². The molecule has 1 aliphatic rings. The Hall–Kier alpha value is -1.10. The number of amides is 2. The summed E-state index contributed by atoms with van der Waals surface area (Å²) in [6, 6.07) is 0.466. The lowest BCUT2D eigenvalue weighted by Gasteiger charge is -2.20. The molecule has 110 valence electrons. The summed E-state index contributed by atoms with van der Waals surface area (Å²) in [5.41, 5.74) is 0. The molecule has 5 heteroatoms. The number of carbonyl (C=O) groups excluding carboxylic acids is 2. The zero-order chi connectivity index (χ0) is 14.3. The van der Waals surface area contributed by atoms with E-state index in [0.29, 0.717) is 38.0 Å². The van der Waals surface area contributed by atoms with Crippen molar-refractivity contribution in [3.63, 3.8) is 0 Å². The fourth-order valence-corrected chi connectivity index (χ4v) is 1.93. The van der Waals surface area contributed by atoms with Crippen LogP contribution in [0.5, 0.6) is 0 Å². The molecule has 0 bridgehead atoms. The fraction of sp³-hybridized carbons (Fsp3) is 0.857. The number of nitrogens with zero attached hydrogens (tertiary/aromatic N) is 1. The molecule has 5 nitrogen and oxygen atoms in total. The van der Waals surface area contributed by atoms with E-state index in [1.54, 1.807) is 0 Å². The monoisotopic (exact) mass is 269 g/mol. The maximum atomic E-state index is 11.9. The normalized spacial score (nSPS) is 14.5. The van der Waals surface area contributed by atoms with Crippen molar-refractivity contribution in [2.75, 3.05) is 26.2 Å². The van der Waals surface area contributed by atoms with Gasteiger partial charge in [-0.1, -0.05) is 13.8 Å². The molecule has 0 aromatic rings. The molecule has 0 heterocycles. The van der Waals surface area contributed by atoms with Crippen molar-refractivity contribution >= 4 is 11.8 Å². The Kier molecular flexibility index (Phi) is 6.84. The highest BCUT2D eigenvalue weighted by atomic mass is 16.2. The number of carbonyl (C=O) groups is 2. The van der Waals surface area contributed by atoms with Gasteiger partial charge in [-0.2, -0.15) is 0 Å². The molecule has 0 aliphatic heterocycles. The molecule has 1 rings (SSSR count). The third-order valence-corrected chi connectivity index (χ3v) is 3.16. The summed E-state index contributed by atoms with van der Waals surface area (Å²) >= 11 is 0. The third-order valence-electron chi connectivity index (χ3n) is 3.16. The Bertz CT molecular complexity index is 301. The second kappa shape index (κ2) is 8.15. The molecule has 0 aromatic heterocycles. The zero-order valence-corrected chi connectivity index (χ0v) is 12.4. The van der Waals surface area contributed by atoms with Gasteiger partial charge in [-0.05, 0) is 25.7 Å². The quantitative estimate of drug-likeness (QED) is 0.607. The van der Waals surface area contributed by atoms with Crippen LogP contribution in [0, 0.1) is 5.92 Å². The first kappa shape index (κ1) is 16.0. The van der Waals surface area contributed by atoms with Crippen LogP contribution in [0.1, 0.15) is 40.0 Å². The van der Waals surface area contributed by atoms with Gasteiger partial charge in [0.1, 0.15) is 0 Å². The lowest BCUT2D eigenvalue weighted by molar-refractivity contribution is -0.130. The summed E-state index contributed by atoms with van der Waals surface area (Å²) in [5, 5.41) is 5.91. The minimum Gasteiger partial charge on any atom is -0.356 e. The molecule has 0 aromatic carbocycles. The molecule has 0 radical (unpaired) electrons. The van der Waals surface area contributed by atoms with Crippen molar-refractivity contribution in [1.82, 2.24) is 15.5 Å². The van der Waals surface area contributed by atoms with Crippen molar-refractivity contribution in [3.8, 4) is 0 Å². The molecule has 19 heavy (non-hydrogen) atoms. The van der Waals surface area contributed by atoms with Gasteiger partial charge in [0.25, 0.3) is 0 Å². The maximum absolute atomic E-state index is 11.9. The molecule has 0 spiro atoms. The molecule has 0 saturated heterocycles. The summed E-state index contributed by atoms with van der Waals surface area (Å²) in [6.45, 7) is 8.52. The van der Waals surface area contributed by atoms with Crippen LogP contribution < -0.4 is 10.6 Å². The molecule has 0 atom stereocenters. The standard InChI is InChI=1S/C14H27N3O2/c1-4-17(12-5-6-12)14(19)10-15-8-7-13(18)16-9-11(2)3/h11-12,15H,4-10H2,1-3H3,(H,16,18). The van der Waals surface area contributed by atoms with Crippen LogP contribution in [0.25, 0.3) is 0 Å². The Morgan fingerprint density at radius 2 is 2.00 bits per heavy atom. The van der Waals surface area contributed by atoms with E-state index in [4.69, 9.17) is 0 Å². The molecular formula is C14H27N3O2. The first-order chi connectivity index (χ1) is 9.04. The van der Waals surface area contributed by atoms with Crippen LogP contribution in [0.15, 0.2) is 0 Å². The van der Waals surface area contributed by atoms with Crippen molar-refractivity contribution in [2.45, 2.75) is 46.1 Å². The van der Waals surface area contributed by atoms with Gasteiger partial charge in [-0.15, -0.1) is 0 Å². The van der Waals surface area contributed by atoms with Crippen LogP contribution >= 0.6 is 0 Å². The lowest BCUT2D eigenvalue weighted by atomic mass is 10.2. The molecule has 1 fully saturated rings. The Balaban J connectivity index is 2.06. The molecule has 1 saturated carbocycles. The highest BCUT2D eigenvalue weighted by Gasteiger charge is 2.30. The van der Waals surface area contributed by atoms with Crippen molar-refractivity contribution in [2.24, 2.45) is 5.92 Å². The van der Waals surface area contributed by atoms with Gasteiger partial charge in [0, 0.05) is 32.1 Å². The minimum atomic E-state index is 0.0446. The van der Waals surface area contributed by atoms with Gasteiger partial charge >= 0.3 is 0 Å². The number of nitrogens with one attached hydrogen (secondary N) is 2. The van der Waals surface area contributed by atoms with E-state index in [1.165, 1.54) is 0 Å². The molecular weight excluding hydrogens is 242 g/mol. The van der Waals surface area contributed by atoms with E-state index >= 15 is 0 Å². The molecule has 2 N–H and O–H groups in total. The summed E-state index contributed by atoms with van der Waals surface area (Å²) < 4.78 is 0. The number of rotatable bonds is 9. The zero-order valence-electron chi connectivity index (χ0n) is 12.4. The maximum Gasteiger partial charge on any atom is 0.236 e. The summed E-state index contributed by atoms with van der Waals surface area (Å²) in [4.78, 5) is 25.3. The van der Waals surface area contributed by atoms with Gasteiger partial charge < -0.3 is 15.5 Å². The van der Waals surface area contributed by atoms with E-state index in [9.17, 15) is 9.59 Å².